The first-order chi connectivity index (χ1) is 16.7. The largest absolute Gasteiger partial charge is 0.416 e. The average Bonchev–Trinajstić information content (AvgIpc) is 3.41. The van der Waals surface area contributed by atoms with E-state index in [1.165, 1.54) is 23.0 Å². The molecule has 0 unspecified atom stereocenters. The Balaban J connectivity index is 1.67. The number of anilines is 2. The molecule has 0 aliphatic carbocycles. The maximum absolute atomic E-state index is 13.1. The first-order valence-corrected chi connectivity index (χ1v) is 11.1. The second kappa shape index (κ2) is 8.51. The van der Waals surface area contributed by atoms with Gasteiger partial charge in [-0.15, -0.1) is 11.3 Å². The number of hydrogen-bond donors (Lipinski definition) is 2. The zero-order valence-corrected chi connectivity index (χ0v) is 18.9. The van der Waals surface area contributed by atoms with E-state index < -0.39 is 17.6 Å². The van der Waals surface area contributed by atoms with E-state index in [4.69, 9.17) is 15.2 Å². The van der Waals surface area contributed by atoms with Crippen molar-refractivity contribution in [3.05, 3.63) is 77.3 Å². The Bertz CT molecular complexity index is 1540. The predicted octanol–water partition coefficient (Wildman–Crippen LogP) is 5.30. The van der Waals surface area contributed by atoms with E-state index in [-0.39, 0.29) is 16.4 Å². The van der Waals surface area contributed by atoms with Gasteiger partial charge in [0.2, 0.25) is 0 Å². The molecule has 0 fully saturated rings. The highest BCUT2D eigenvalue weighted by Gasteiger charge is 2.30. The van der Waals surface area contributed by atoms with Crippen molar-refractivity contribution in [3.8, 4) is 22.4 Å². The number of nitrogens with zero attached hydrogens (tertiary/aromatic N) is 3. The Hall–Kier alpha value is -4.25. The fourth-order valence-corrected chi connectivity index (χ4v) is 4.68. The number of carbonyl (C=O) groups is 1. The number of nitrogens with two attached hydrogens (primary N) is 1. The molecule has 176 valence electrons. The van der Waals surface area contributed by atoms with Crippen molar-refractivity contribution in [2.45, 2.75) is 6.18 Å². The lowest BCUT2D eigenvalue weighted by atomic mass is 9.98. The van der Waals surface area contributed by atoms with Crippen LogP contribution in [-0.4, -0.2) is 16.2 Å². The van der Waals surface area contributed by atoms with Crippen LogP contribution in [0.1, 0.15) is 15.2 Å². The van der Waals surface area contributed by atoms with E-state index in [0.717, 1.165) is 29.0 Å². The molecular weight excluding hydrogens is 479 g/mol. The van der Waals surface area contributed by atoms with Gasteiger partial charge in [-0.1, -0.05) is 47.1 Å². The number of nitrogens with one attached hydrogen (secondary N) is 1. The Morgan fingerprint density at radius 3 is 2.43 bits per heavy atom. The molecule has 0 bridgehead atoms. The summed E-state index contributed by atoms with van der Waals surface area (Å²) in [5.41, 5.74) is 8.32. The van der Waals surface area contributed by atoms with Crippen molar-refractivity contribution >= 4 is 39.0 Å². The molecule has 7 nitrogen and oxygen atoms in total. The molecule has 5 rings (SSSR count). The highest BCUT2D eigenvalue weighted by atomic mass is 32.1. The van der Waals surface area contributed by atoms with E-state index in [2.05, 4.69) is 10.6 Å². The predicted molar refractivity (Wildman–Crippen MR) is 126 cm³/mol. The molecule has 1 amide bonds. The van der Waals surface area contributed by atoms with Crippen molar-refractivity contribution in [2.75, 3.05) is 11.1 Å². The molecule has 2 aromatic carbocycles. The molecule has 35 heavy (non-hydrogen) atoms. The third-order valence-electron chi connectivity index (χ3n) is 5.31. The Morgan fingerprint density at radius 1 is 1.09 bits per heavy atom. The van der Waals surface area contributed by atoms with Gasteiger partial charge in [0.25, 0.3) is 12.1 Å². The number of nitrogen functional groups attached to an aromatic ring is 1. The second-order valence-corrected chi connectivity index (χ2v) is 8.71. The Labute approximate surface area is 200 Å². The number of rotatable bonds is 4. The number of carbonyl (C=O) groups excluding carboxylic acids is 1. The molecule has 0 saturated carbocycles. The SMILES string of the molecule is C[n+]1cc(NC(=O)c2sc3nc(-c4ccccc4)cc(-c4ccc(C(F)(F)F)cc4)c3c2N)on1. The zero-order valence-electron chi connectivity index (χ0n) is 18.1. The van der Waals surface area contributed by atoms with Crippen molar-refractivity contribution in [1.82, 2.24) is 10.3 Å². The molecule has 3 heterocycles. The minimum absolute atomic E-state index is 0.134. The topological polar surface area (TPSA) is 97.9 Å². The molecule has 3 N–H and O–H groups in total. The van der Waals surface area contributed by atoms with Crippen LogP contribution in [0.15, 0.2) is 71.4 Å². The molecule has 0 atom stereocenters. The zero-order chi connectivity index (χ0) is 24.7. The molecule has 0 radical (unpaired) electrons. The van der Waals surface area contributed by atoms with E-state index in [0.29, 0.717) is 27.0 Å². The van der Waals surface area contributed by atoms with Gasteiger partial charge < -0.3 is 5.73 Å². The summed E-state index contributed by atoms with van der Waals surface area (Å²) in [5, 5.41) is 6.75. The smallest absolute Gasteiger partial charge is 0.397 e. The normalized spacial score (nSPS) is 11.7. The van der Waals surface area contributed by atoms with Crippen LogP contribution in [-0.2, 0) is 13.2 Å². The van der Waals surface area contributed by atoms with Crippen molar-refractivity contribution < 1.29 is 27.2 Å². The summed E-state index contributed by atoms with van der Waals surface area (Å²) in [6, 6.07) is 15.9. The van der Waals surface area contributed by atoms with Crippen LogP contribution < -0.4 is 15.7 Å². The van der Waals surface area contributed by atoms with Crippen LogP contribution in [0.4, 0.5) is 24.7 Å². The van der Waals surface area contributed by atoms with E-state index >= 15 is 0 Å². The number of benzene rings is 2. The third kappa shape index (κ3) is 4.33. The summed E-state index contributed by atoms with van der Waals surface area (Å²) < 4.78 is 45.7. The number of hydrogen-bond acceptors (Lipinski definition) is 6. The fraction of sp³-hybridized carbons (Fsp3) is 0.0833. The van der Waals surface area contributed by atoms with Crippen LogP contribution in [0.25, 0.3) is 32.6 Å². The lowest BCUT2D eigenvalue weighted by Gasteiger charge is -2.11. The number of aromatic nitrogens is 3. The summed E-state index contributed by atoms with van der Waals surface area (Å²) in [5.74, 6) is -0.378. The van der Waals surface area contributed by atoms with E-state index in [1.807, 2.05) is 30.3 Å². The average molecular weight is 496 g/mol. The monoisotopic (exact) mass is 496 g/mol. The summed E-state index contributed by atoms with van der Waals surface area (Å²) >= 11 is 1.09. The highest BCUT2D eigenvalue weighted by molar-refractivity contribution is 7.21. The number of thiophene rings is 1. The van der Waals surface area contributed by atoms with Crippen molar-refractivity contribution in [1.29, 1.82) is 0 Å². The molecule has 0 spiro atoms. The Kier molecular flexibility index (Phi) is 5.48. The van der Waals surface area contributed by atoms with Crippen molar-refractivity contribution in [3.63, 3.8) is 0 Å². The van der Waals surface area contributed by atoms with Gasteiger partial charge in [-0.05, 0) is 29.3 Å². The van der Waals surface area contributed by atoms with Gasteiger partial charge in [-0.3, -0.25) is 14.6 Å². The molecule has 5 aromatic rings. The first-order valence-electron chi connectivity index (χ1n) is 10.3. The highest BCUT2D eigenvalue weighted by Crippen LogP contribution is 2.42. The minimum atomic E-state index is -4.45. The number of alkyl halides is 3. The van der Waals surface area contributed by atoms with Crippen LogP contribution in [0.3, 0.4) is 0 Å². The van der Waals surface area contributed by atoms with Gasteiger partial charge in [-0.25, -0.2) is 4.98 Å². The maximum atomic E-state index is 13.1. The lowest BCUT2D eigenvalue weighted by Crippen LogP contribution is -2.28. The van der Waals surface area contributed by atoms with Crippen molar-refractivity contribution in [2.24, 2.45) is 7.05 Å². The Morgan fingerprint density at radius 2 is 1.80 bits per heavy atom. The summed E-state index contributed by atoms with van der Waals surface area (Å²) in [7, 11) is 1.64. The number of pyridine rings is 1. The van der Waals surface area contributed by atoms with Gasteiger partial charge >= 0.3 is 12.1 Å². The van der Waals surface area contributed by atoms with E-state index in [1.54, 1.807) is 13.1 Å². The summed E-state index contributed by atoms with van der Waals surface area (Å²) in [4.78, 5) is 18.3. The number of amides is 1. The van der Waals surface area contributed by atoms with Gasteiger partial charge in [0, 0.05) is 10.9 Å². The molecule has 11 heteroatoms. The number of fused-ring (bicyclic) bond motifs is 1. The van der Waals surface area contributed by atoms with Crippen LogP contribution in [0.5, 0.6) is 0 Å². The lowest BCUT2D eigenvalue weighted by molar-refractivity contribution is -0.739. The molecule has 0 aliphatic heterocycles. The number of halogens is 3. The van der Waals surface area contributed by atoms with Gasteiger partial charge in [0.1, 0.15) is 9.71 Å². The third-order valence-corrected chi connectivity index (χ3v) is 6.40. The van der Waals surface area contributed by atoms with Crippen LogP contribution in [0, 0.1) is 0 Å². The molecule has 0 saturated heterocycles. The van der Waals surface area contributed by atoms with Crippen LogP contribution >= 0.6 is 11.3 Å². The number of aryl methyl sites for hydroxylation is 1. The second-order valence-electron chi connectivity index (χ2n) is 7.72. The fourth-order valence-electron chi connectivity index (χ4n) is 3.66. The summed E-state index contributed by atoms with van der Waals surface area (Å²) in [6.07, 6.45) is -2.97. The molecular formula is C24H17F3N5O2S+. The quantitative estimate of drug-likeness (QED) is 0.329. The minimum Gasteiger partial charge on any atom is -0.397 e. The van der Waals surface area contributed by atoms with E-state index in [9.17, 15) is 18.0 Å². The molecule has 3 aromatic heterocycles. The van der Waals surface area contributed by atoms with Gasteiger partial charge in [0.15, 0.2) is 12.3 Å². The maximum Gasteiger partial charge on any atom is 0.416 e. The summed E-state index contributed by atoms with van der Waals surface area (Å²) in [6.45, 7) is 0. The molecule has 0 aliphatic rings. The first kappa shape index (κ1) is 22.5. The standard InChI is InChI=1S/C24H16F3N5O2S/c1-32-12-18(34-31-32)30-22(33)21-20(28)19-16(13-7-9-15(10-8-13)24(25,26)27)11-17(29-23(19)35-21)14-5-3-2-4-6-14/h2-12H,1H3,(H2-,28,30,31,33)/p+1. The van der Waals surface area contributed by atoms with Gasteiger partial charge in [0.05, 0.1) is 16.9 Å². The van der Waals surface area contributed by atoms with Gasteiger partial charge in [-0.2, -0.15) is 13.2 Å². The van der Waals surface area contributed by atoms with Crippen LogP contribution in [0.2, 0.25) is 0 Å².